The highest BCUT2D eigenvalue weighted by atomic mass is 19.1. The molecule has 0 saturated heterocycles. The Morgan fingerprint density at radius 1 is 1.53 bits per heavy atom. The quantitative estimate of drug-likeness (QED) is 0.767. The summed E-state index contributed by atoms with van der Waals surface area (Å²) in [6, 6.07) is 4.54. The van der Waals surface area contributed by atoms with E-state index in [1.165, 1.54) is 12.1 Å². The maximum Gasteiger partial charge on any atom is 0.123 e. The Morgan fingerprint density at radius 3 is 2.76 bits per heavy atom. The molecular weight excluding hydrogens is 217 g/mol. The van der Waals surface area contributed by atoms with Gasteiger partial charge in [0.25, 0.3) is 0 Å². The first-order chi connectivity index (χ1) is 8.10. The van der Waals surface area contributed by atoms with Gasteiger partial charge in [0.2, 0.25) is 0 Å². The van der Waals surface area contributed by atoms with E-state index in [-0.39, 0.29) is 5.82 Å². The Morgan fingerprint density at radius 2 is 2.24 bits per heavy atom. The highest BCUT2D eigenvalue weighted by molar-refractivity contribution is 5.55. The molecule has 1 rings (SSSR count). The van der Waals surface area contributed by atoms with Gasteiger partial charge < -0.3 is 10.0 Å². The minimum Gasteiger partial charge on any atom is -0.389 e. The lowest BCUT2D eigenvalue weighted by molar-refractivity contribution is 0.199. The summed E-state index contributed by atoms with van der Waals surface area (Å²) in [5, 5.41) is 9.70. The molecule has 0 bridgehead atoms. The van der Waals surface area contributed by atoms with Crippen molar-refractivity contribution in [3.05, 3.63) is 42.2 Å². The standard InChI is InChI=1S/C14H20FNO/c1-4-8-16(9-5-2)14-7-6-12(15)10-13(14)11(3)17/h4,6-7,10-11,17H,1,5,8-9H2,2-3H3/t11-/m0/s1. The molecule has 1 N–H and O–H groups in total. The predicted molar refractivity (Wildman–Crippen MR) is 69.7 cm³/mol. The Bertz CT molecular complexity index is 376. The third-order valence-electron chi connectivity index (χ3n) is 2.62. The van der Waals surface area contributed by atoms with Crippen LogP contribution in [0.5, 0.6) is 0 Å². The van der Waals surface area contributed by atoms with Gasteiger partial charge >= 0.3 is 0 Å². The maximum absolute atomic E-state index is 13.2. The first kappa shape index (κ1) is 13.7. The smallest absolute Gasteiger partial charge is 0.123 e. The van der Waals surface area contributed by atoms with Crippen LogP contribution in [0, 0.1) is 5.82 Å². The molecule has 0 heterocycles. The average Bonchev–Trinajstić information content (AvgIpc) is 2.28. The van der Waals surface area contributed by atoms with Crippen LogP contribution in [0.2, 0.25) is 0 Å². The van der Waals surface area contributed by atoms with Gasteiger partial charge in [0.05, 0.1) is 6.10 Å². The molecule has 0 amide bonds. The van der Waals surface area contributed by atoms with E-state index in [1.54, 1.807) is 13.0 Å². The van der Waals surface area contributed by atoms with E-state index in [4.69, 9.17) is 0 Å². The summed E-state index contributed by atoms with van der Waals surface area (Å²) in [7, 11) is 0. The van der Waals surface area contributed by atoms with Crippen LogP contribution in [0.25, 0.3) is 0 Å². The van der Waals surface area contributed by atoms with Crippen molar-refractivity contribution in [1.82, 2.24) is 0 Å². The molecular formula is C14H20FNO. The van der Waals surface area contributed by atoms with Gasteiger partial charge in [0, 0.05) is 24.3 Å². The van der Waals surface area contributed by atoms with Gasteiger partial charge in [0.15, 0.2) is 0 Å². The molecule has 0 aromatic heterocycles. The molecule has 0 spiro atoms. The number of hydrogen-bond donors (Lipinski definition) is 1. The second-order valence-electron chi connectivity index (χ2n) is 4.11. The van der Waals surface area contributed by atoms with Gasteiger partial charge in [-0.15, -0.1) is 6.58 Å². The summed E-state index contributed by atoms with van der Waals surface area (Å²) in [5.74, 6) is -0.320. The highest BCUT2D eigenvalue weighted by Crippen LogP contribution is 2.27. The van der Waals surface area contributed by atoms with Crippen molar-refractivity contribution in [2.45, 2.75) is 26.4 Å². The van der Waals surface area contributed by atoms with Gasteiger partial charge in [0.1, 0.15) is 5.82 Å². The number of aliphatic hydroxyl groups is 1. The Labute approximate surface area is 102 Å². The normalized spacial score (nSPS) is 12.2. The Hall–Kier alpha value is -1.35. The van der Waals surface area contributed by atoms with Crippen molar-refractivity contribution >= 4 is 5.69 Å². The van der Waals surface area contributed by atoms with Crippen molar-refractivity contribution in [3.63, 3.8) is 0 Å². The lowest BCUT2D eigenvalue weighted by Crippen LogP contribution is -2.25. The number of aliphatic hydroxyl groups excluding tert-OH is 1. The van der Waals surface area contributed by atoms with E-state index in [0.29, 0.717) is 12.1 Å². The molecule has 0 aliphatic carbocycles. The van der Waals surface area contributed by atoms with Gasteiger partial charge in [-0.1, -0.05) is 13.0 Å². The van der Waals surface area contributed by atoms with Gasteiger partial charge in [-0.25, -0.2) is 4.39 Å². The second-order valence-corrected chi connectivity index (χ2v) is 4.11. The number of hydrogen-bond acceptors (Lipinski definition) is 2. The average molecular weight is 237 g/mol. The molecule has 0 radical (unpaired) electrons. The summed E-state index contributed by atoms with van der Waals surface area (Å²) in [5.41, 5.74) is 1.50. The number of benzene rings is 1. The zero-order valence-electron chi connectivity index (χ0n) is 10.5. The number of anilines is 1. The fourth-order valence-corrected chi connectivity index (χ4v) is 1.88. The zero-order chi connectivity index (χ0) is 12.8. The van der Waals surface area contributed by atoms with E-state index in [2.05, 4.69) is 18.4 Å². The molecule has 0 unspecified atom stereocenters. The van der Waals surface area contributed by atoms with E-state index >= 15 is 0 Å². The lowest BCUT2D eigenvalue weighted by atomic mass is 10.1. The van der Waals surface area contributed by atoms with Gasteiger partial charge in [-0.05, 0) is 31.5 Å². The molecule has 2 nitrogen and oxygen atoms in total. The molecule has 94 valence electrons. The largest absolute Gasteiger partial charge is 0.389 e. The van der Waals surface area contributed by atoms with Crippen LogP contribution in [-0.4, -0.2) is 18.2 Å². The Kier molecular flexibility index (Phi) is 5.16. The Balaban J connectivity index is 3.11. The monoisotopic (exact) mass is 237 g/mol. The molecule has 17 heavy (non-hydrogen) atoms. The van der Waals surface area contributed by atoms with Crippen LogP contribution >= 0.6 is 0 Å². The molecule has 0 aliphatic rings. The third-order valence-corrected chi connectivity index (χ3v) is 2.62. The molecule has 0 aliphatic heterocycles. The van der Waals surface area contributed by atoms with E-state index < -0.39 is 6.10 Å². The fraction of sp³-hybridized carbons (Fsp3) is 0.429. The number of rotatable bonds is 6. The minimum absolute atomic E-state index is 0.320. The fourth-order valence-electron chi connectivity index (χ4n) is 1.88. The molecule has 1 aromatic carbocycles. The van der Waals surface area contributed by atoms with Crippen LogP contribution < -0.4 is 4.90 Å². The molecule has 3 heteroatoms. The van der Waals surface area contributed by atoms with Crippen molar-refractivity contribution < 1.29 is 9.50 Å². The van der Waals surface area contributed by atoms with Crippen LogP contribution in [0.15, 0.2) is 30.9 Å². The number of nitrogens with zero attached hydrogens (tertiary/aromatic N) is 1. The second kappa shape index (κ2) is 6.40. The molecule has 1 aromatic rings. The zero-order valence-corrected chi connectivity index (χ0v) is 10.5. The summed E-state index contributed by atoms with van der Waals surface area (Å²) < 4.78 is 13.2. The SMILES string of the molecule is C=CCN(CCC)c1ccc(F)cc1[C@H](C)O. The van der Waals surface area contributed by atoms with Crippen molar-refractivity contribution in [3.8, 4) is 0 Å². The van der Waals surface area contributed by atoms with E-state index in [1.807, 2.05) is 6.08 Å². The van der Waals surface area contributed by atoms with Crippen LogP contribution in [0.1, 0.15) is 31.9 Å². The highest BCUT2D eigenvalue weighted by Gasteiger charge is 2.14. The topological polar surface area (TPSA) is 23.5 Å². The molecule has 0 saturated carbocycles. The predicted octanol–water partition coefficient (Wildman–Crippen LogP) is 3.28. The summed E-state index contributed by atoms with van der Waals surface area (Å²) in [6.07, 6.45) is 2.12. The minimum atomic E-state index is -0.676. The first-order valence-electron chi connectivity index (χ1n) is 5.93. The van der Waals surface area contributed by atoms with E-state index in [9.17, 15) is 9.50 Å². The van der Waals surface area contributed by atoms with Crippen molar-refractivity contribution in [2.75, 3.05) is 18.0 Å². The van der Waals surface area contributed by atoms with Gasteiger partial charge in [-0.3, -0.25) is 0 Å². The maximum atomic E-state index is 13.2. The molecule has 0 fully saturated rings. The van der Waals surface area contributed by atoms with Crippen LogP contribution in [-0.2, 0) is 0 Å². The van der Waals surface area contributed by atoms with Crippen LogP contribution in [0.3, 0.4) is 0 Å². The molecule has 1 atom stereocenters. The number of halogens is 1. The summed E-state index contributed by atoms with van der Waals surface area (Å²) >= 11 is 0. The first-order valence-corrected chi connectivity index (χ1v) is 5.93. The van der Waals surface area contributed by atoms with E-state index in [0.717, 1.165) is 18.7 Å². The van der Waals surface area contributed by atoms with Crippen LogP contribution in [0.4, 0.5) is 10.1 Å². The van der Waals surface area contributed by atoms with Gasteiger partial charge in [-0.2, -0.15) is 0 Å². The van der Waals surface area contributed by atoms with Crippen molar-refractivity contribution in [2.24, 2.45) is 0 Å². The summed E-state index contributed by atoms with van der Waals surface area (Å²) in [6.45, 7) is 9.01. The summed E-state index contributed by atoms with van der Waals surface area (Å²) in [4.78, 5) is 2.09. The van der Waals surface area contributed by atoms with Crippen molar-refractivity contribution in [1.29, 1.82) is 0 Å². The lowest BCUT2D eigenvalue weighted by Gasteiger charge is -2.26. The third kappa shape index (κ3) is 3.56.